The Bertz CT molecular complexity index is 400. The van der Waals surface area contributed by atoms with Crippen LogP contribution >= 0.6 is 0 Å². The minimum absolute atomic E-state index is 0.0423. The van der Waals surface area contributed by atoms with E-state index in [1.807, 2.05) is 4.90 Å². The molecule has 0 aliphatic heterocycles. The van der Waals surface area contributed by atoms with Crippen molar-refractivity contribution < 1.29 is 5.11 Å². The zero-order chi connectivity index (χ0) is 12.7. The second-order valence-electron chi connectivity index (χ2n) is 3.82. The molecule has 1 heterocycles. The van der Waals surface area contributed by atoms with Gasteiger partial charge in [0.15, 0.2) is 0 Å². The molecule has 0 saturated carbocycles. The van der Waals surface area contributed by atoms with Crippen LogP contribution in [0.1, 0.15) is 25.3 Å². The van der Waals surface area contributed by atoms with Crippen LogP contribution in [0.3, 0.4) is 0 Å². The highest BCUT2D eigenvalue weighted by atomic mass is 16.3. The molecule has 0 atom stereocenters. The molecule has 0 saturated heterocycles. The van der Waals surface area contributed by atoms with Crippen molar-refractivity contribution in [3.8, 4) is 6.07 Å². The molecule has 0 fully saturated rings. The maximum absolute atomic E-state index is 9.05. The maximum Gasteiger partial charge on any atom is 0.146 e. The average Bonchev–Trinajstić information content (AvgIpc) is 2.34. The van der Waals surface area contributed by atoms with Crippen LogP contribution in [0.15, 0.2) is 12.3 Å². The number of rotatable bonds is 6. The number of pyridine rings is 1. The SMILES string of the molecule is CCCCN(CCO)c1ncc(N)cc1C#N. The van der Waals surface area contributed by atoms with E-state index in [1.54, 1.807) is 6.07 Å². The first-order valence-electron chi connectivity index (χ1n) is 5.74. The predicted octanol–water partition coefficient (Wildman–Crippen LogP) is 1.13. The fraction of sp³-hybridized carbons (Fsp3) is 0.500. The van der Waals surface area contributed by atoms with Gasteiger partial charge in [-0.2, -0.15) is 5.26 Å². The van der Waals surface area contributed by atoms with E-state index in [9.17, 15) is 0 Å². The third-order valence-electron chi connectivity index (χ3n) is 2.46. The Morgan fingerprint density at radius 1 is 1.53 bits per heavy atom. The van der Waals surface area contributed by atoms with Crippen LogP contribution in [0.5, 0.6) is 0 Å². The first-order valence-corrected chi connectivity index (χ1v) is 5.74. The number of unbranched alkanes of at least 4 members (excludes halogenated alkanes) is 1. The number of nitrogen functional groups attached to an aromatic ring is 1. The molecule has 17 heavy (non-hydrogen) atoms. The molecule has 0 unspecified atom stereocenters. The van der Waals surface area contributed by atoms with Crippen molar-refractivity contribution in [2.45, 2.75) is 19.8 Å². The number of nitriles is 1. The zero-order valence-electron chi connectivity index (χ0n) is 10.1. The molecule has 0 radical (unpaired) electrons. The quantitative estimate of drug-likeness (QED) is 0.770. The van der Waals surface area contributed by atoms with Gasteiger partial charge in [0.05, 0.1) is 24.1 Å². The Balaban J connectivity index is 2.96. The molecule has 0 spiro atoms. The fourth-order valence-corrected chi connectivity index (χ4v) is 1.60. The molecule has 5 heteroatoms. The highest BCUT2D eigenvalue weighted by Crippen LogP contribution is 2.19. The summed E-state index contributed by atoms with van der Waals surface area (Å²) in [6.45, 7) is 3.40. The van der Waals surface area contributed by atoms with Gasteiger partial charge in [0.25, 0.3) is 0 Å². The van der Waals surface area contributed by atoms with E-state index in [0.717, 1.165) is 19.4 Å². The molecule has 92 valence electrons. The molecule has 1 aromatic heterocycles. The van der Waals surface area contributed by atoms with Crippen molar-refractivity contribution in [2.75, 3.05) is 30.3 Å². The lowest BCUT2D eigenvalue weighted by atomic mass is 10.2. The van der Waals surface area contributed by atoms with E-state index >= 15 is 0 Å². The number of nitrogens with two attached hydrogens (primary N) is 1. The van der Waals surface area contributed by atoms with Crippen LogP contribution in [-0.4, -0.2) is 29.8 Å². The molecule has 0 bridgehead atoms. The molecule has 5 nitrogen and oxygen atoms in total. The third kappa shape index (κ3) is 3.61. The van der Waals surface area contributed by atoms with Gasteiger partial charge >= 0.3 is 0 Å². The number of hydrogen-bond donors (Lipinski definition) is 2. The summed E-state index contributed by atoms with van der Waals surface area (Å²) in [6.07, 6.45) is 3.59. The largest absolute Gasteiger partial charge is 0.397 e. The first-order chi connectivity index (χ1) is 8.22. The van der Waals surface area contributed by atoms with Crippen LogP contribution in [0, 0.1) is 11.3 Å². The van der Waals surface area contributed by atoms with Crippen LogP contribution in [0.4, 0.5) is 11.5 Å². The van der Waals surface area contributed by atoms with Gasteiger partial charge in [-0.1, -0.05) is 13.3 Å². The average molecular weight is 234 g/mol. The Kier molecular flexibility index (Phi) is 5.24. The van der Waals surface area contributed by atoms with Crippen molar-refractivity contribution in [3.63, 3.8) is 0 Å². The van der Waals surface area contributed by atoms with Gasteiger partial charge in [-0.15, -0.1) is 0 Å². The smallest absolute Gasteiger partial charge is 0.146 e. The summed E-state index contributed by atoms with van der Waals surface area (Å²) in [5.41, 5.74) is 6.53. The lowest BCUT2D eigenvalue weighted by Crippen LogP contribution is -2.29. The second-order valence-corrected chi connectivity index (χ2v) is 3.82. The summed E-state index contributed by atoms with van der Waals surface area (Å²) in [4.78, 5) is 6.11. The summed E-state index contributed by atoms with van der Waals surface area (Å²) in [7, 11) is 0. The van der Waals surface area contributed by atoms with Gasteiger partial charge in [0.2, 0.25) is 0 Å². The van der Waals surface area contributed by atoms with Gasteiger partial charge in [0, 0.05) is 13.1 Å². The molecular weight excluding hydrogens is 216 g/mol. The van der Waals surface area contributed by atoms with Crippen LogP contribution in [0.2, 0.25) is 0 Å². The predicted molar refractivity (Wildman–Crippen MR) is 67.6 cm³/mol. The monoisotopic (exact) mass is 234 g/mol. The normalized spacial score (nSPS) is 9.94. The van der Waals surface area contributed by atoms with Crippen LogP contribution in [-0.2, 0) is 0 Å². The topological polar surface area (TPSA) is 86.2 Å². The van der Waals surface area contributed by atoms with Crippen molar-refractivity contribution in [2.24, 2.45) is 0 Å². The molecule has 3 N–H and O–H groups in total. The number of nitrogens with zero attached hydrogens (tertiary/aromatic N) is 3. The zero-order valence-corrected chi connectivity index (χ0v) is 10.1. The van der Waals surface area contributed by atoms with E-state index in [-0.39, 0.29) is 6.61 Å². The molecule has 0 amide bonds. The highest BCUT2D eigenvalue weighted by Gasteiger charge is 2.12. The fourth-order valence-electron chi connectivity index (χ4n) is 1.60. The van der Waals surface area contributed by atoms with E-state index < -0.39 is 0 Å². The highest BCUT2D eigenvalue weighted by molar-refractivity contribution is 5.58. The van der Waals surface area contributed by atoms with E-state index in [1.165, 1.54) is 6.20 Å². The molecule has 0 aliphatic rings. The van der Waals surface area contributed by atoms with Gasteiger partial charge in [-0.05, 0) is 12.5 Å². The van der Waals surface area contributed by atoms with Crippen molar-refractivity contribution >= 4 is 11.5 Å². The van der Waals surface area contributed by atoms with Crippen molar-refractivity contribution in [3.05, 3.63) is 17.8 Å². The standard InChI is InChI=1S/C12H18N4O/c1-2-3-4-16(5-6-17)12-10(8-13)7-11(14)9-15-12/h7,9,17H,2-6,14H2,1H3. The van der Waals surface area contributed by atoms with Gasteiger partial charge in [-0.25, -0.2) is 4.98 Å². The Morgan fingerprint density at radius 3 is 2.88 bits per heavy atom. The summed E-state index contributed by atoms with van der Waals surface area (Å²) in [5.74, 6) is 0.601. The maximum atomic E-state index is 9.05. The van der Waals surface area contributed by atoms with Crippen molar-refractivity contribution in [1.82, 2.24) is 4.98 Å². The van der Waals surface area contributed by atoms with Gasteiger partial charge in [0.1, 0.15) is 11.9 Å². The number of anilines is 2. The van der Waals surface area contributed by atoms with E-state index in [2.05, 4.69) is 18.0 Å². The summed E-state index contributed by atoms with van der Waals surface area (Å²) in [5, 5.41) is 18.1. The number of aromatic nitrogens is 1. The number of hydrogen-bond acceptors (Lipinski definition) is 5. The molecular formula is C12H18N4O. The van der Waals surface area contributed by atoms with Crippen molar-refractivity contribution in [1.29, 1.82) is 5.26 Å². The second kappa shape index (κ2) is 6.71. The lowest BCUT2D eigenvalue weighted by molar-refractivity contribution is 0.301. The number of aliphatic hydroxyl groups is 1. The van der Waals surface area contributed by atoms with E-state index in [4.69, 9.17) is 16.1 Å². The molecule has 1 rings (SSSR count). The first kappa shape index (κ1) is 13.3. The van der Waals surface area contributed by atoms with Crippen LogP contribution < -0.4 is 10.6 Å². The molecule has 1 aromatic rings. The summed E-state index contributed by atoms with van der Waals surface area (Å²) in [6, 6.07) is 3.70. The third-order valence-corrected chi connectivity index (χ3v) is 2.46. The number of aliphatic hydroxyl groups excluding tert-OH is 1. The van der Waals surface area contributed by atoms with Crippen LogP contribution in [0.25, 0.3) is 0 Å². The summed E-state index contributed by atoms with van der Waals surface area (Å²) < 4.78 is 0. The minimum atomic E-state index is 0.0423. The lowest BCUT2D eigenvalue weighted by Gasteiger charge is -2.23. The Morgan fingerprint density at radius 2 is 2.29 bits per heavy atom. The Hall–Kier alpha value is -1.80. The van der Waals surface area contributed by atoms with Gasteiger partial charge < -0.3 is 15.7 Å². The minimum Gasteiger partial charge on any atom is -0.397 e. The molecule has 0 aromatic carbocycles. The van der Waals surface area contributed by atoms with Gasteiger partial charge in [-0.3, -0.25) is 0 Å². The summed E-state index contributed by atoms with van der Waals surface area (Å²) >= 11 is 0. The van der Waals surface area contributed by atoms with E-state index in [0.29, 0.717) is 23.6 Å². The molecule has 0 aliphatic carbocycles. The Labute approximate surface area is 101 Å².